The third kappa shape index (κ3) is 5.78. The van der Waals surface area contributed by atoms with Crippen molar-refractivity contribution in [2.45, 2.75) is 44.0 Å². The molecule has 0 aliphatic heterocycles. The van der Waals surface area contributed by atoms with Gasteiger partial charge in [0.05, 0.1) is 12.0 Å². The van der Waals surface area contributed by atoms with Crippen LogP contribution in [-0.2, 0) is 22.9 Å². The second kappa shape index (κ2) is 10.9. The van der Waals surface area contributed by atoms with E-state index in [1.165, 1.54) is 23.9 Å². The van der Waals surface area contributed by atoms with Crippen molar-refractivity contribution in [2.24, 2.45) is 0 Å². The predicted molar refractivity (Wildman–Crippen MR) is 129 cm³/mol. The van der Waals surface area contributed by atoms with E-state index in [-0.39, 0.29) is 40.5 Å². The summed E-state index contributed by atoms with van der Waals surface area (Å²) in [6.45, 7) is 3.61. The van der Waals surface area contributed by atoms with E-state index in [1.54, 1.807) is 18.3 Å². The fraction of sp³-hybridized carbons (Fsp3) is 0.292. The molecule has 1 aliphatic rings. The number of nitrogens with one attached hydrogen (secondary N) is 1. The van der Waals surface area contributed by atoms with E-state index in [0.29, 0.717) is 17.1 Å². The fourth-order valence-corrected chi connectivity index (χ4v) is 4.94. The average molecular weight is 505 g/mol. The Morgan fingerprint density at radius 3 is 2.63 bits per heavy atom. The largest absolute Gasteiger partial charge is 1.00 e. The first-order valence-electron chi connectivity index (χ1n) is 10.9. The summed E-state index contributed by atoms with van der Waals surface area (Å²) in [6, 6.07) is 8.50. The number of benzene rings is 1. The zero-order chi connectivity index (χ0) is 24.5. The van der Waals surface area contributed by atoms with Gasteiger partial charge in [-0.25, -0.2) is 13.4 Å². The zero-order valence-electron chi connectivity index (χ0n) is 20.1. The molecule has 2 heterocycles. The van der Waals surface area contributed by atoms with Crippen LogP contribution in [0.2, 0.25) is 0 Å². The number of carbonyl (C=O) groups is 1. The molecule has 35 heavy (non-hydrogen) atoms. The number of ether oxygens (including phenoxy) is 1. The number of aromatic nitrogens is 2. The number of hydrogen-bond acceptors (Lipinski definition) is 6. The number of anilines is 1. The molecule has 2 amide bonds. The second-order valence-corrected chi connectivity index (χ2v) is 9.87. The molecule has 178 valence electrons. The van der Waals surface area contributed by atoms with Crippen LogP contribution in [0.25, 0.3) is 15.8 Å². The van der Waals surface area contributed by atoms with Crippen LogP contribution in [-0.4, -0.2) is 31.1 Å². The summed E-state index contributed by atoms with van der Waals surface area (Å²) in [5, 5.41) is 2.69. The monoisotopic (exact) mass is 504 g/mol. The molecule has 0 saturated carbocycles. The van der Waals surface area contributed by atoms with Crippen molar-refractivity contribution in [3.05, 3.63) is 75.0 Å². The maximum absolute atomic E-state index is 12.8. The Hall–Kier alpha value is -2.66. The van der Waals surface area contributed by atoms with Gasteiger partial charge in [0.15, 0.2) is 6.03 Å². The van der Waals surface area contributed by atoms with Crippen molar-refractivity contribution < 1.29 is 47.5 Å². The van der Waals surface area contributed by atoms with E-state index < -0.39 is 21.6 Å². The summed E-state index contributed by atoms with van der Waals surface area (Å²) in [6.07, 6.45) is 5.54. The van der Waals surface area contributed by atoms with Gasteiger partial charge in [-0.2, -0.15) is 0 Å². The maximum Gasteiger partial charge on any atom is 1.00 e. The van der Waals surface area contributed by atoms with Crippen LogP contribution in [0.1, 0.15) is 37.4 Å². The number of nitrogens with zero attached hydrogens (tertiary/aromatic N) is 3. The molecule has 4 rings (SSSR count). The first-order chi connectivity index (χ1) is 16.2. The molecule has 0 unspecified atom stereocenters. The molecule has 1 aromatic carbocycles. The van der Waals surface area contributed by atoms with E-state index in [4.69, 9.17) is 4.74 Å². The summed E-state index contributed by atoms with van der Waals surface area (Å²) in [5.41, 5.74) is 3.55. The molecule has 11 heteroatoms. The Morgan fingerprint density at radius 2 is 1.94 bits per heavy atom. The molecule has 0 spiro atoms. The Labute approximate surface area is 226 Å². The van der Waals surface area contributed by atoms with Crippen LogP contribution in [0.4, 0.5) is 10.5 Å². The van der Waals surface area contributed by atoms with Crippen molar-refractivity contribution in [1.82, 2.24) is 9.55 Å². The molecule has 9 nitrogen and oxygen atoms in total. The maximum atomic E-state index is 12.8. The number of fused-ring (bicyclic) bond motifs is 1. The summed E-state index contributed by atoms with van der Waals surface area (Å²) in [4.78, 5) is 28.8. The van der Waals surface area contributed by atoms with Crippen LogP contribution in [0.5, 0.6) is 5.88 Å². The predicted octanol–water partition coefficient (Wildman–Crippen LogP) is 1.29. The molecule has 3 aromatic rings. The molecule has 0 saturated heterocycles. The first kappa shape index (κ1) is 26.9. The summed E-state index contributed by atoms with van der Waals surface area (Å²) in [5.74, 6) is 0.415. The minimum Gasteiger partial charge on any atom is -0.481 e. The number of rotatable bonds is 6. The van der Waals surface area contributed by atoms with Gasteiger partial charge in [0.25, 0.3) is 5.56 Å². The van der Waals surface area contributed by atoms with Gasteiger partial charge in [0.1, 0.15) is 0 Å². The molecule has 2 aromatic heterocycles. The minimum absolute atomic E-state index is 0. The Balaban J connectivity index is 0.00000342. The zero-order valence-corrected chi connectivity index (χ0v) is 22.9. The Bertz CT molecular complexity index is 1420. The van der Waals surface area contributed by atoms with E-state index in [0.717, 1.165) is 42.0 Å². The molecule has 0 bridgehead atoms. The molecule has 0 radical (unpaired) electrons. The SMILES string of the molecule is COc1cc(-c2ccc3c(c2NC(=O)[N-]S(=O)(=O)c2ccn(C(C)C)c(=O)c2)CCC3)ccn1.[Na+]. The number of methoxy groups -OCH3 is 1. The van der Waals surface area contributed by atoms with Gasteiger partial charge in [-0.3, -0.25) is 9.59 Å². The quantitative estimate of drug-likeness (QED) is 0.505. The number of amides is 2. The summed E-state index contributed by atoms with van der Waals surface area (Å²) >= 11 is 0. The summed E-state index contributed by atoms with van der Waals surface area (Å²) in [7, 11) is -2.86. The van der Waals surface area contributed by atoms with Gasteiger partial charge in [-0.1, -0.05) is 12.1 Å². The van der Waals surface area contributed by atoms with Crippen molar-refractivity contribution >= 4 is 21.7 Å². The van der Waals surface area contributed by atoms with Crippen LogP contribution >= 0.6 is 0 Å². The van der Waals surface area contributed by atoms with Crippen molar-refractivity contribution in [2.75, 3.05) is 12.4 Å². The van der Waals surface area contributed by atoms with Crippen molar-refractivity contribution in [3.8, 4) is 17.0 Å². The Morgan fingerprint density at radius 1 is 1.17 bits per heavy atom. The van der Waals surface area contributed by atoms with Gasteiger partial charge in [0, 0.05) is 30.6 Å². The third-order valence-electron chi connectivity index (χ3n) is 5.75. The van der Waals surface area contributed by atoms with Crippen molar-refractivity contribution in [3.63, 3.8) is 0 Å². The molecule has 1 aliphatic carbocycles. The van der Waals surface area contributed by atoms with Gasteiger partial charge in [0.2, 0.25) is 15.9 Å². The molecular weight excluding hydrogens is 479 g/mol. The number of urea groups is 1. The van der Waals surface area contributed by atoms with E-state index in [9.17, 15) is 18.0 Å². The summed E-state index contributed by atoms with van der Waals surface area (Å²) < 4.78 is 35.5. The normalized spacial score (nSPS) is 12.6. The molecule has 0 fully saturated rings. The van der Waals surface area contributed by atoms with Gasteiger partial charge >= 0.3 is 29.6 Å². The number of pyridine rings is 2. The molecular formula is C24H25N4NaO5S. The average Bonchev–Trinajstić information content (AvgIpc) is 3.28. The number of hydrogen-bond donors (Lipinski definition) is 1. The van der Waals surface area contributed by atoms with Crippen molar-refractivity contribution in [1.29, 1.82) is 0 Å². The number of carbonyl (C=O) groups excluding carboxylic acids is 1. The molecule has 1 N–H and O–H groups in total. The third-order valence-corrected chi connectivity index (χ3v) is 7.00. The van der Waals surface area contributed by atoms with E-state index in [2.05, 4.69) is 15.0 Å². The first-order valence-corrected chi connectivity index (χ1v) is 12.3. The van der Waals surface area contributed by atoms with Gasteiger partial charge in [-0.15, -0.1) is 0 Å². The topological polar surface area (TPSA) is 121 Å². The van der Waals surface area contributed by atoms with Crippen LogP contribution < -0.4 is 45.2 Å². The van der Waals surface area contributed by atoms with Gasteiger partial charge in [-0.05, 0) is 73.2 Å². The minimum atomic E-state index is -4.38. The smallest absolute Gasteiger partial charge is 0.481 e. The number of sulfonamides is 1. The number of aryl methyl sites for hydroxylation is 1. The van der Waals surface area contributed by atoms with Gasteiger partial charge < -0.3 is 19.3 Å². The Kier molecular flexibility index (Phi) is 8.42. The van der Waals surface area contributed by atoms with E-state index >= 15 is 0 Å². The van der Waals surface area contributed by atoms with Crippen LogP contribution in [0.15, 0.2) is 58.5 Å². The molecule has 0 atom stereocenters. The fourth-order valence-electron chi connectivity index (χ4n) is 4.09. The standard InChI is InChI=1S/C24H26N4O5S.Na/c1-15(2)28-12-10-18(14-22(28)29)34(31,32)27-24(30)26-23-19-6-4-5-16(19)7-8-20(23)17-9-11-25-21(13-17)33-3;/h7-15H,4-6H2,1-3H3,(H2,25,26,27,30);/q;+1/p-1. The van der Waals surface area contributed by atoms with Crippen LogP contribution in [0.3, 0.4) is 0 Å². The second-order valence-electron chi connectivity index (χ2n) is 8.26. The van der Waals surface area contributed by atoms with Crippen LogP contribution in [0, 0.1) is 0 Å². The van der Waals surface area contributed by atoms with E-state index in [1.807, 2.05) is 26.0 Å².